The zero-order valence-electron chi connectivity index (χ0n) is 11.1. The molecule has 1 atom stereocenters. The highest BCUT2D eigenvalue weighted by molar-refractivity contribution is 6.30. The Morgan fingerprint density at radius 2 is 2.00 bits per heavy atom. The topological polar surface area (TPSA) is 12.0 Å². The molecule has 0 aliphatic carbocycles. The van der Waals surface area contributed by atoms with Gasteiger partial charge in [-0.05, 0) is 37.6 Å². The maximum absolute atomic E-state index is 13.6. The summed E-state index contributed by atoms with van der Waals surface area (Å²) in [6, 6.07) is 13.0. The van der Waals surface area contributed by atoms with Crippen LogP contribution in [0.5, 0.6) is 0 Å². The van der Waals surface area contributed by atoms with E-state index in [-0.39, 0.29) is 11.9 Å². The van der Waals surface area contributed by atoms with Crippen LogP contribution in [0.1, 0.15) is 29.7 Å². The minimum absolute atomic E-state index is 0.124. The highest BCUT2D eigenvalue weighted by Gasteiger charge is 2.07. The van der Waals surface area contributed by atoms with E-state index in [2.05, 4.69) is 5.32 Å². The van der Waals surface area contributed by atoms with Crippen LogP contribution in [0.3, 0.4) is 0 Å². The van der Waals surface area contributed by atoms with E-state index in [0.29, 0.717) is 17.1 Å². The van der Waals surface area contributed by atoms with Gasteiger partial charge in [0.15, 0.2) is 0 Å². The van der Waals surface area contributed by atoms with Crippen molar-refractivity contribution in [1.82, 2.24) is 5.32 Å². The monoisotopic (exact) mass is 277 g/mol. The Morgan fingerprint density at radius 3 is 2.74 bits per heavy atom. The number of aryl methyl sites for hydroxylation is 1. The predicted octanol–water partition coefficient (Wildman–Crippen LogP) is 4.64. The lowest BCUT2D eigenvalue weighted by Crippen LogP contribution is -2.18. The zero-order chi connectivity index (χ0) is 13.8. The highest BCUT2D eigenvalue weighted by Crippen LogP contribution is 2.18. The summed E-state index contributed by atoms with van der Waals surface area (Å²) >= 11 is 5.96. The molecule has 0 spiro atoms. The Hall–Kier alpha value is -1.38. The summed E-state index contributed by atoms with van der Waals surface area (Å²) in [6.07, 6.45) is 0. The van der Waals surface area contributed by atoms with Gasteiger partial charge in [0.05, 0.1) is 0 Å². The van der Waals surface area contributed by atoms with Crippen LogP contribution in [-0.4, -0.2) is 0 Å². The maximum atomic E-state index is 13.6. The fraction of sp³-hybridized carbons (Fsp3) is 0.250. The molecule has 0 radical (unpaired) electrons. The third kappa shape index (κ3) is 3.79. The number of benzene rings is 2. The van der Waals surface area contributed by atoms with Gasteiger partial charge in [-0.3, -0.25) is 0 Å². The molecule has 3 heteroatoms. The molecule has 0 fully saturated rings. The minimum atomic E-state index is -0.170. The van der Waals surface area contributed by atoms with E-state index in [1.165, 1.54) is 6.07 Å². The van der Waals surface area contributed by atoms with Crippen molar-refractivity contribution in [3.63, 3.8) is 0 Å². The van der Waals surface area contributed by atoms with E-state index >= 15 is 0 Å². The van der Waals surface area contributed by atoms with E-state index in [1.54, 1.807) is 6.07 Å². The summed E-state index contributed by atoms with van der Waals surface area (Å²) < 4.78 is 13.6. The van der Waals surface area contributed by atoms with Crippen molar-refractivity contribution in [3.8, 4) is 0 Å². The van der Waals surface area contributed by atoms with Crippen LogP contribution < -0.4 is 5.32 Å². The first-order valence-corrected chi connectivity index (χ1v) is 6.68. The third-order valence-electron chi connectivity index (χ3n) is 3.15. The molecule has 1 nitrogen and oxygen atoms in total. The van der Waals surface area contributed by atoms with Crippen LogP contribution in [0, 0.1) is 12.7 Å². The molecule has 2 aromatic rings. The molecule has 19 heavy (non-hydrogen) atoms. The molecule has 0 aliphatic heterocycles. The third-order valence-corrected chi connectivity index (χ3v) is 3.38. The Labute approximate surface area is 118 Å². The molecule has 0 unspecified atom stereocenters. The number of rotatable bonds is 4. The molecular weight excluding hydrogens is 261 g/mol. The average molecular weight is 278 g/mol. The minimum Gasteiger partial charge on any atom is -0.306 e. The quantitative estimate of drug-likeness (QED) is 0.858. The molecule has 0 aliphatic rings. The van der Waals surface area contributed by atoms with Crippen LogP contribution in [0.25, 0.3) is 0 Å². The molecule has 1 N–H and O–H groups in total. The Bertz CT molecular complexity index is 568. The molecule has 0 aromatic heterocycles. The predicted molar refractivity (Wildman–Crippen MR) is 77.8 cm³/mol. The van der Waals surface area contributed by atoms with Crippen LogP contribution in [0.2, 0.25) is 5.02 Å². The molecular formula is C16H17ClFN. The van der Waals surface area contributed by atoms with Crippen molar-refractivity contribution < 1.29 is 4.39 Å². The van der Waals surface area contributed by atoms with Gasteiger partial charge < -0.3 is 5.32 Å². The van der Waals surface area contributed by atoms with E-state index in [4.69, 9.17) is 11.6 Å². The number of halogens is 2. The van der Waals surface area contributed by atoms with Gasteiger partial charge in [-0.1, -0.05) is 41.4 Å². The first kappa shape index (κ1) is 14.0. The first-order chi connectivity index (χ1) is 9.06. The largest absolute Gasteiger partial charge is 0.306 e. The number of hydrogen-bond donors (Lipinski definition) is 1. The van der Waals surface area contributed by atoms with Crippen molar-refractivity contribution in [2.45, 2.75) is 26.4 Å². The van der Waals surface area contributed by atoms with Gasteiger partial charge in [0.2, 0.25) is 0 Å². The molecule has 2 aromatic carbocycles. The average Bonchev–Trinajstić information content (AvgIpc) is 2.39. The second-order valence-corrected chi connectivity index (χ2v) is 5.19. The van der Waals surface area contributed by atoms with Crippen molar-refractivity contribution >= 4 is 11.6 Å². The zero-order valence-corrected chi connectivity index (χ0v) is 11.8. The lowest BCUT2D eigenvalue weighted by Gasteiger charge is -2.15. The molecule has 0 saturated heterocycles. The molecule has 0 amide bonds. The van der Waals surface area contributed by atoms with Crippen LogP contribution in [0.4, 0.5) is 4.39 Å². The van der Waals surface area contributed by atoms with E-state index < -0.39 is 0 Å². The lowest BCUT2D eigenvalue weighted by atomic mass is 10.1. The summed E-state index contributed by atoms with van der Waals surface area (Å²) in [5, 5.41) is 4.03. The van der Waals surface area contributed by atoms with Gasteiger partial charge in [0, 0.05) is 23.2 Å². The lowest BCUT2D eigenvalue weighted by molar-refractivity contribution is 0.544. The molecule has 100 valence electrons. The van der Waals surface area contributed by atoms with Gasteiger partial charge in [-0.25, -0.2) is 4.39 Å². The van der Waals surface area contributed by atoms with Crippen molar-refractivity contribution in [2.24, 2.45) is 0 Å². The smallest absolute Gasteiger partial charge is 0.127 e. The normalized spacial score (nSPS) is 12.4. The SMILES string of the molecule is Cc1ccc(F)c(CN[C@H](C)c2cccc(Cl)c2)c1. The number of nitrogens with one attached hydrogen (secondary N) is 1. The molecule has 0 saturated carbocycles. The van der Waals surface area contributed by atoms with E-state index in [9.17, 15) is 4.39 Å². The highest BCUT2D eigenvalue weighted by atomic mass is 35.5. The Morgan fingerprint density at radius 1 is 1.21 bits per heavy atom. The summed E-state index contributed by atoms with van der Waals surface area (Å²) in [4.78, 5) is 0. The van der Waals surface area contributed by atoms with Gasteiger partial charge in [-0.2, -0.15) is 0 Å². The maximum Gasteiger partial charge on any atom is 0.127 e. The summed E-state index contributed by atoms with van der Waals surface area (Å²) in [5.41, 5.74) is 2.85. The van der Waals surface area contributed by atoms with E-state index in [0.717, 1.165) is 11.1 Å². The van der Waals surface area contributed by atoms with Gasteiger partial charge in [-0.15, -0.1) is 0 Å². The van der Waals surface area contributed by atoms with E-state index in [1.807, 2.05) is 44.2 Å². The fourth-order valence-corrected chi connectivity index (χ4v) is 2.19. The van der Waals surface area contributed by atoms with Gasteiger partial charge in [0.25, 0.3) is 0 Å². The van der Waals surface area contributed by atoms with Crippen LogP contribution in [-0.2, 0) is 6.54 Å². The van der Waals surface area contributed by atoms with Crippen molar-refractivity contribution in [2.75, 3.05) is 0 Å². The van der Waals surface area contributed by atoms with Crippen LogP contribution >= 0.6 is 11.6 Å². The number of hydrogen-bond acceptors (Lipinski definition) is 1. The second-order valence-electron chi connectivity index (χ2n) is 4.75. The van der Waals surface area contributed by atoms with Crippen molar-refractivity contribution in [1.29, 1.82) is 0 Å². The Kier molecular flexibility index (Phi) is 4.56. The van der Waals surface area contributed by atoms with Crippen molar-refractivity contribution in [3.05, 3.63) is 70.0 Å². The first-order valence-electron chi connectivity index (χ1n) is 6.30. The Balaban J connectivity index is 2.04. The molecule has 0 bridgehead atoms. The van der Waals surface area contributed by atoms with Gasteiger partial charge in [0.1, 0.15) is 5.82 Å². The molecule has 2 rings (SSSR count). The fourth-order valence-electron chi connectivity index (χ4n) is 2.00. The summed E-state index contributed by atoms with van der Waals surface area (Å²) in [7, 11) is 0. The van der Waals surface area contributed by atoms with Gasteiger partial charge >= 0.3 is 0 Å². The van der Waals surface area contributed by atoms with Crippen LogP contribution in [0.15, 0.2) is 42.5 Å². The summed E-state index contributed by atoms with van der Waals surface area (Å²) in [6.45, 7) is 4.50. The molecule has 0 heterocycles. The second kappa shape index (κ2) is 6.18. The summed E-state index contributed by atoms with van der Waals surface area (Å²) in [5.74, 6) is -0.170. The standard InChI is InChI=1S/C16H17ClFN/c1-11-6-7-16(18)14(8-11)10-19-12(2)13-4-3-5-15(17)9-13/h3-9,12,19H,10H2,1-2H3/t12-/m1/s1.